The van der Waals surface area contributed by atoms with Crippen LogP contribution in [0.1, 0.15) is 49.7 Å². The maximum Gasteiger partial charge on any atom is 0.338 e. The summed E-state index contributed by atoms with van der Waals surface area (Å²) in [7, 11) is 1.83. The van der Waals surface area contributed by atoms with Gasteiger partial charge in [-0.2, -0.15) is 0 Å². The number of halogens is 1. The van der Waals surface area contributed by atoms with Crippen molar-refractivity contribution in [1.82, 2.24) is 0 Å². The van der Waals surface area contributed by atoms with Crippen molar-refractivity contribution < 1.29 is 23.4 Å². The highest BCUT2D eigenvalue weighted by Gasteiger charge is 2.48. The molecule has 6 heteroatoms. The zero-order chi connectivity index (χ0) is 20.5. The Morgan fingerprint density at radius 3 is 2.46 bits per heavy atom. The zero-order valence-electron chi connectivity index (χ0n) is 16.8. The van der Waals surface area contributed by atoms with Gasteiger partial charge in [-0.3, -0.25) is 0 Å². The Kier molecular flexibility index (Phi) is 5.61. The van der Waals surface area contributed by atoms with Gasteiger partial charge in [-0.15, -0.1) is 0 Å². The lowest BCUT2D eigenvalue weighted by Crippen LogP contribution is -2.52. The monoisotopic (exact) mass is 387 g/mol. The van der Waals surface area contributed by atoms with Crippen LogP contribution in [-0.4, -0.2) is 30.8 Å². The second kappa shape index (κ2) is 7.80. The molecule has 0 spiro atoms. The number of fused-ring (bicyclic) bond motifs is 1. The van der Waals surface area contributed by atoms with Gasteiger partial charge in [0.2, 0.25) is 0 Å². The Labute approximate surface area is 164 Å². The normalized spacial score (nSPS) is 20.2. The summed E-state index contributed by atoms with van der Waals surface area (Å²) < 4.78 is 31.4. The van der Waals surface area contributed by atoms with Crippen molar-refractivity contribution in [3.8, 4) is 5.75 Å². The first kappa shape index (κ1) is 20.1. The maximum absolute atomic E-state index is 13.2. The lowest BCUT2D eigenvalue weighted by atomic mass is 9.87. The minimum atomic E-state index is -0.816. The Morgan fingerprint density at radius 2 is 1.86 bits per heavy atom. The van der Waals surface area contributed by atoms with Gasteiger partial charge in [-0.05, 0) is 70.2 Å². The summed E-state index contributed by atoms with van der Waals surface area (Å²) in [6, 6.07) is 11.0. The number of nitrogens with one attached hydrogen (secondary N) is 1. The highest BCUT2D eigenvalue weighted by atomic mass is 19.1. The number of benzene rings is 2. The molecular weight excluding hydrogens is 361 g/mol. The number of ether oxygens (including phenoxy) is 3. The van der Waals surface area contributed by atoms with Crippen LogP contribution in [0.4, 0.5) is 10.1 Å². The molecule has 2 aromatic carbocycles. The molecule has 0 saturated carbocycles. The van der Waals surface area contributed by atoms with E-state index < -0.39 is 29.6 Å². The molecule has 1 aliphatic rings. The van der Waals surface area contributed by atoms with Gasteiger partial charge in [0.1, 0.15) is 23.3 Å². The number of esters is 1. The Hall–Kier alpha value is -2.60. The van der Waals surface area contributed by atoms with E-state index >= 15 is 0 Å². The van der Waals surface area contributed by atoms with Crippen LogP contribution in [0.5, 0.6) is 5.75 Å². The van der Waals surface area contributed by atoms with Crippen molar-refractivity contribution in [3.63, 3.8) is 0 Å². The standard InChI is InChI=1S/C22H26FNO4/c1-13(2)26-19-17-12-16(24-5)10-11-18(17)28-22(3,4)20(19)27-21(25)14-6-8-15(23)9-7-14/h6-13,19-20,24H,1-5H3. The van der Waals surface area contributed by atoms with Gasteiger partial charge < -0.3 is 19.5 Å². The highest BCUT2D eigenvalue weighted by molar-refractivity contribution is 5.89. The van der Waals surface area contributed by atoms with Crippen LogP contribution >= 0.6 is 0 Å². The van der Waals surface area contributed by atoms with E-state index in [1.807, 2.05) is 52.9 Å². The first-order valence-corrected chi connectivity index (χ1v) is 9.34. The molecule has 0 aromatic heterocycles. The predicted octanol–water partition coefficient (Wildman–Crippen LogP) is 4.73. The van der Waals surface area contributed by atoms with Crippen molar-refractivity contribution in [3.05, 3.63) is 59.4 Å². The molecule has 150 valence electrons. The van der Waals surface area contributed by atoms with E-state index in [9.17, 15) is 9.18 Å². The van der Waals surface area contributed by atoms with Crippen LogP contribution in [0.25, 0.3) is 0 Å². The topological polar surface area (TPSA) is 56.8 Å². The number of anilines is 1. The predicted molar refractivity (Wildman–Crippen MR) is 105 cm³/mol. The van der Waals surface area contributed by atoms with E-state index in [1.165, 1.54) is 24.3 Å². The zero-order valence-corrected chi connectivity index (χ0v) is 16.8. The Morgan fingerprint density at radius 1 is 1.18 bits per heavy atom. The van der Waals surface area contributed by atoms with Crippen molar-refractivity contribution in [2.45, 2.75) is 51.6 Å². The minimum Gasteiger partial charge on any atom is -0.483 e. The lowest BCUT2D eigenvalue weighted by molar-refractivity contribution is -0.151. The van der Waals surface area contributed by atoms with Gasteiger partial charge in [0.25, 0.3) is 0 Å². The third-order valence-electron chi connectivity index (χ3n) is 4.67. The van der Waals surface area contributed by atoms with Crippen molar-refractivity contribution in [2.75, 3.05) is 12.4 Å². The molecule has 5 nitrogen and oxygen atoms in total. The molecule has 2 unspecified atom stereocenters. The van der Waals surface area contributed by atoms with Crippen LogP contribution in [0.3, 0.4) is 0 Å². The van der Waals surface area contributed by atoms with Crippen LogP contribution in [0.15, 0.2) is 42.5 Å². The van der Waals surface area contributed by atoms with E-state index in [4.69, 9.17) is 14.2 Å². The molecule has 0 amide bonds. The minimum absolute atomic E-state index is 0.0861. The fourth-order valence-electron chi connectivity index (χ4n) is 3.30. The molecule has 1 heterocycles. The van der Waals surface area contributed by atoms with Gasteiger partial charge in [-0.25, -0.2) is 9.18 Å². The molecular formula is C22H26FNO4. The average Bonchev–Trinajstić information content (AvgIpc) is 2.64. The second-order valence-corrected chi connectivity index (χ2v) is 7.65. The number of hydrogen-bond acceptors (Lipinski definition) is 5. The lowest BCUT2D eigenvalue weighted by Gasteiger charge is -2.44. The van der Waals surface area contributed by atoms with Gasteiger partial charge >= 0.3 is 5.97 Å². The second-order valence-electron chi connectivity index (χ2n) is 7.65. The molecule has 28 heavy (non-hydrogen) atoms. The van der Waals surface area contributed by atoms with Crippen molar-refractivity contribution in [1.29, 1.82) is 0 Å². The first-order valence-electron chi connectivity index (χ1n) is 9.34. The summed E-state index contributed by atoms with van der Waals surface area (Å²) in [6.07, 6.45) is -1.28. The van der Waals surface area contributed by atoms with Crippen LogP contribution in [0, 0.1) is 5.82 Å². The van der Waals surface area contributed by atoms with Gasteiger partial charge in [0, 0.05) is 18.3 Å². The summed E-state index contributed by atoms with van der Waals surface area (Å²) in [5.74, 6) is -0.261. The Bertz CT molecular complexity index is 848. The number of carbonyl (C=O) groups excluding carboxylic acids is 1. The SMILES string of the molecule is CNc1ccc2c(c1)C(OC(C)C)C(OC(=O)c1ccc(F)cc1)C(C)(C)O2. The molecule has 0 radical (unpaired) electrons. The summed E-state index contributed by atoms with van der Waals surface area (Å²) in [5, 5.41) is 3.10. The van der Waals surface area contributed by atoms with Crippen molar-refractivity contribution in [2.24, 2.45) is 0 Å². The van der Waals surface area contributed by atoms with Crippen LogP contribution in [0.2, 0.25) is 0 Å². The highest BCUT2D eigenvalue weighted by Crippen LogP contribution is 2.45. The van der Waals surface area contributed by atoms with E-state index in [0.29, 0.717) is 5.75 Å². The van der Waals surface area contributed by atoms with E-state index in [1.54, 1.807) is 0 Å². The molecule has 0 aliphatic carbocycles. The summed E-state index contributed by atoms with van der Waals surface area (Å²) >= 11 is 0. The van der Waals surface area contributed by atoms with E-state index in [2.05, 4.69) is 5.32 Å². The average molecular weight is 387 g/mol. The summed E-state index contributed by atoms with van der Waals surface area (Å²) in [6.45, 7) is 7.59. The third-order valence-corrected chi connectivity index (χ3v) is 4.67. The van der Waals surface area contributed by atoms with E-state index in [-0.39, 0.29) is 11.7 Å². The molecule has 2 aromatic rings. The molecule has 1 N–H and O–H groups in total. The summed E-state index contributed by atoms with van der Waals surface area (Å²) in [5.41, 5.74) is 1.18. The quantitative estimate of drug-likeness (QED) is 0.752. The first-order chi connectivity index (χ1) is 13.2. The molecule has 1 aliphatic heterocycles. The summed E-state index contributed by atoms with van der Waals surface area (Å²) in [4.78, 5) is 12.7. The molecule has 2 atom stereocenters. The van der Waals surface area contributed by atoms with Gasteiger partial charge in [-0.1, -0.05) is 0 Å². The van der Waals surface area contributed by atoms with Crippen molar-refractivity contribution >= 4 is 11.7 Å². The van der Waals surface area contributed by atoms with Gasteiger partial charge in [0.05, 0.1) is 11.7 Å². The molecule has 3 rings (SSSR count). The third kappa shape index (κ3) is 4.12. The number of carbonyl (C=O) groups is 1. The fraction of sp³-hybridized carbons (Fsp3) is 0.409. The van der Waals surface area contributed by atoms with Crippen LogP contribution in [-0.2, 0) is 9.47 Å². The van der Waals surface area contributed by atoms with E-state index in [0.717, 1.165) is 11.3 Å². The smallest absolute Gasteiger partial charge is 0.338 e. The van der Waals surface area contributed by atoms with Crippen LogP contribution < -0.4 is 10.1 Å². The molecule has 0 bridgehead atoms. The number of rotatable bonds is 5. The molecule has 0 fully saturated rings. The molecule has 0 saturated heterocycles. The maximum atomic E-state index is 13.2. The fourth-order valence-corrected chi connectivity index (χ4v) is 3.30. The largest absolute Gasteiger partial charge is 0.483 e. The number of hydrogen-bond donors (Lipinski definition) is 1. The Balaban J connectivity index is 1.98. The van der Waals surface area contributed by atoms with Gasteiger partial charge in [0.15, 0.2) is 6.10 Å².